The molecule has 0 aliphatic heterocycles. The Morgan fingerprint density at radius 2 is 2.15 bits per heavy atom. The molecule has 0 bridgehead atoms. The number of carbonyl (C=O) groups is 1. The van der Waals surface area contributed by atoms with Crippen LogP contribution in [0, 0.1) is 11.3 Å². The molecular formula is C14H14N4O2. The molecule has 102 valence electrons. The molecule has 0 aliphatic carbocycles. The third-order valence-corrected chi connectivity index (χ3v) is 2.78. The first-order valence-corrected chi connectivity index (χ1v) is 6.12. The molecule has 1 heterocycles. The molecule has 2 rings (SSSR count). The Morgan fingerprint density at radius 1 is 1.45 bits per heavy atom. The summed E-state index contributed by atoms with van der Waals surface area (Å²) in [5.41, 5.74) is 7.57. The maximum atomic E-state index is 11.6. The van der Waals surface area contributed by atoms with Crippen molar-refractivity contribution in [1.82, 2.24) is 9.55 Å². The van der Waals surface area contributed by atoms with Gasteiger partial charge in [0, 0.05) is 0 Å². The maximum Gasteiger partial charge on any atom is 0.360 e. The van der Waals surface area contributed by atoms with E-state index < -0.39 is 5.97 Å². The van der Waals surface area contributed by atoms with Gasteiger partial charge in [-0.1, -0.05) is 12.1 Å². The average Bonchev–Trinajstić information content (AvgIpc) is 2.81. The summed E-state index contributed by atoms with van der Waals surface area (Å²) in [6.45, 7) is 2.48. The zero-order chi connectivity index (χ0) is 14.5. The first-order chi connectivity index (χ1) is 9.65. The Labute approximate surface area is 116 Å². The molecule has 0 amide bonds. The molecule has 0 atom stereocenters. The predicted octanol–water partition coefficient (Wildman–Crippen LogP) is 1.56. The number of nitrogen functional groups attached to an aromatic ring is 1. The number of esters is 1. The predicted molar refractivity (Wildman–Crippen MR) is 72.9 cm³/mol. The van der Waals surface area contributed by atoms with Crippen LogP contribution in [0.1, 0.15) is 28.5 Å². The van der Waals surface area contributed by atoms with Crippen LogP contribution >= 0.6 is 0 Å². The van der Waals surface area contributed by atoms with Gasteiger partial charge in [-0.15, -0.1) is 0 Å². The Kier molecular flexibility index (Phi) is 4.01. The third-order valence-electron chi connectivity index (χ3n) is 2.78. The fraction of sp³-hybridized carbons (Fsp3) is 0.214. The standard InChI is InChI=1S/C14H14N4O2/c1-2-20-14(19)12-13(16)18(9-17-12)8-11-5-3-10(7-15)4-6-11/h3-6,9H,2,8,16H2,1H3. The summed E-state index contributed by atoms with van der Waals surface area (Å²) in [5, 5.41) is 8.74. The van der Waals surface area contributed by atoms with Crippen LogP contribution in [-0.4, -0.2) is 22.1 Å². The average molecular weight is 270 g/mol. The largest absolute Gasteiger partial charge is 0.461 e. The second kappa shape index (κ2) is 5.89. The third kappa shape index (κ3) is 2.78. The number of benzene rings is 1. The first kappa shape index (κ1) is 13.6. The molecule has 20 heavy (non-hydrogen) atoms. The van der Waals surface area contributed by atoms with Crippen LogP contribution in [0.5, 0.6) is 0 Å². The molecule has 0 saturated heterocycles. The van der Waals surface area contributed by atoms with E-state index in [4.69, 9.17) is 15.7 Å². The van der Waals surface area contributed by atoms with Crippen molar-refractivity contribution in [3.63, 3.8) is 0 Å². The lowest BCUT2D eigenvalue weighted by molar-refractivity contribution is 0.0521. The van der Waals surface area contributed by atoms with E-state index in [0.29, 0.717) is 12.1 Å². The smallest absolute Gasteiger partial charge is 0.360 e. The number of hydrogen-bond donors (Lipinski definition) is 1. The number of aromatic nitrogens is 2. The van der Waals surface area contributed by atoms with Gasteiger partial charge in [-0.05, 0) is 24.6 Å². The number of nitrogens with zero attached hydrogens (tertiary/aromatic N) is 3. The van der Waals surface area contributed by atoms with E-state index in [0.717, 1.165) is 5.56 Å². The zero-order valence-electron chi connectivity index (χ0n) is 11.0. The minimum absolute atomic E-state index is 0.125. The summed E-state index contributed by atoms with van der Waals surface area (Å²) in [4.78, 5) is 15.6. The number of nitriles is 1. The van der Waals surface area contributed by atoms with Gasteiger partial charge < -0.3 is 15.0 Å². The van der Waals surface area contributed by atoms with E-state index in [-0.39, 0.29) is 18.1 Å². The number of ether oxygens (including phenoxy) is 1. The lowest BCUT2D eigenvalue weighted by Crippen LogP contribution is -2.10. The summed E-state index contributed by atoms with van der Waals surface area (Å²) in [7, 11) is 0. The number of rotatable bonds is 4. The summed E-state index contributed by atoms with van der Waals surface area (Å²) >= 11 is 0. The summed E-state index contributed by atoms with van der Waals surface area (Å²) < 4.78 is 6.53. The molecular weight excluding hydrogens is 256 g/mol. The fourth-order valence-electron chi connectivity index (χ4n) is 1.76. The van der Waals surface area contributed by atoms with E-state index >= 15 is 0 Å². The van der Waals surface area contributed by atoms with Gasteiger partial charge in [0.05, 0.1) is 31.1 Å². The Bertz CT molecular complexity index is 653. The van der Waals surface area contributed by atoms with Crippen molar-refractivity contribution >= 4 is 11.8 Å². The van der Waals surface area contributed by atoms with E-state index in [1.54, 1.807) is 23.6 Å². The summed E-state index contributed by atoms with van der Waals surface area (Å²) in [5.74, 6) is -0.253. The monoisotopic (exact) mass is 270 g/mol. The molecule has 0 fully saturated rings. The van der Waals surface area contributed by atoms with Gasteiger partial charge in [-0.2, -0.15) is 5.26 Å². The van der Waals surface area contributed by atoms with E-state index in [1.165, 1.54) is 6.33 Å². The van der Waals surface area contributed by atoms with Crippen molar-refractivity contribution < 1.29 is 9.53 Å². The molecule has 1 aromatic heterocycles. The molecule has 2 N–H and O–H groups in total. The second-order valence-corrected chi connectivity index (χ2v) is 4.14. The quantitative estimate of drug-likeness (QED) is 0.851. The number of nitrogens with two attached hydrogens (primary N) is 1. The van der Waals surface area contributed by atoms with Crippen molar-refractivity contribution in [1.29, 1.82) is 5.26 Å². The molecule has 6 nitrogen and oxygen atoms in total. The number of anilines is 1. The van der Waals surface area contributed by atoms with Crippen LogP contribution < -0.4 is 5.73 Å². The van der Waals surface area contributed by atoms with Gasteiger partial charge in [-0.25, -0.2) is 9.78 Å². The van der Waals surface area contributed by atoms with Crippen molar-refractivity contribution in [3.8, 4) is 6.07 Å². The van der Waals surface area contributed by atoms with Crippen molar-refractivity contribution in [2.75, 3.05) is 12.3 Å². The van der Waals surface area contributed by atoms with Crippen LogP contribution in [0.4, 0.5) is 5.82 Å². The minimum atomic E-state index is -0.524. The Morgan fingerprint density at radius 3 is 2.75 bits per heavy atom. The van der Waals surface area contributed by atoms with E-state index in [2.05, 4.69) is 11.1 Å². The van der Waals surface area contributed by atoms with Crippen LogP contribution in [0.25, 0.3) is 0 Å². The highest BCUT2D eigenvalue weighted by Crippen LogP contribution is 2.14. The highest BCUT2D eigenvalue weighted by Gasteiger charge is 2.16. The van der Waals surface area contributed by atoms with Gasteiger partial charge in [0.15, 0.2) is 5.69 Å². The molecule has 1 aromatic carbocycles. The summed E-state index contributed by atoms with van der Waals surface area (Å²) in [6, 6.07) is 9.19. The first-order valence-electron chi connectivity index (χ1n) is 6.12. The molecule has 0 saturated carbocycles. The van der Waals surface area contributed by atoms with Gasteiger partial charge in [0.1, 0.15) is 5.82 Å². The fourth-order valence-corrected chi connectivity index (χ4v) is 1.76. The normalized spacial score (nSPS) is 10.0. The lowest BCUT2D eigenvalue weighted by atomic mass is 10.1. The number of imidazole rings is 1. The van der Waals surface area contributed by atoms with Gasteiger partial charge in [0.2, 0.25) is 0 Å². The van der Waals surface area contributed by atoms with Gasteiger partial charge in [-0.3, -0.25) is 0 Å². The summed E-state index contributed by atoms with van der Waals surface area (Å²) in [6.07, 6.45) is 1.50. The van der Waals surface area contributed by atoms with E-state index in [9.17, 15) is 4.79 Å². The lowest BCUT2D eigenvalue weighted by Gasteiger charge is -2.06. The highest BCUT2D eigenvalue weighted by atomic mass is 16.5. The molecule has 0 spiro atoms. The highest BCUT2D eigenvalue weighted by molar-refractivity contribution is 5.92. The topological polar surface area (TPSA) is 93.9 Å². The molecule has 6 heteroatoms. The molecule has 0 aliphatic rings. The van der Waals surface area contributed by atoms with Gasteiger partial charge in [0.25, 0.3) is 0 Å². The Hall–Kier alpha value is -2.81. The molecule has 0 radical (unpaired) electrons. The van der Waals surface area contributed by atoms with Crippen LogP contribution in [0.2, 0.25) is 0 Å². The Balaban J connectivity index is 2.18. The second-order valence-electron chi connectivity index (χ2n) is 4.14. The zero-order valence-corrected chi connectivity index (χ0v) is 11.0. The van der Waals surface area contributed by atoms with E-state index in [1.807, 2.05) is 12.1 Å². The van der Waals surface area contributed by atoms with Crippen LogP contribution in [0.15, 0.2) is 30.6 Å². The van der Waals surface area contributed by atoms with Gasteiger partial charge >= 0.3 is 5.97 Å². The molecule has 2 aromatic rings. The SMILES string of the molecule is CCOC(=O)c1ncn(Cc2ccc(C#N)cc2)c1N. The van der Waals surface area contributed by atoms with Crippen molar-refractivity contribution in [2.24, 2.45) is 0 Å². The number of carbonyl (C=O) groups excluding carboxylic acids is 1. The minimum Gasteiger partial charge on any atom is -0.461 e. The van der Waals surface area contributed by atoms with Crippen LogP contribution in [0.3, 0.4) is 0 Å². The van der Waals surface area contributed by atoms with Crippen molar-refractivity contribution in [2.45, 2.75) is 13.5 Å². The van der Waals surface area contributed by atoms with Crippen molar-refractivity contribution in [3.05, 3.63) is 47.4 Å². The van der Waals surface area contributed by atoms with Crippen LogP contribution in [-0.2, 0) is 11.3 Å². The molecule has 0 unspecified atom stereocenters. The number of hydrogen-bond acceptors (Lipinski definition) is 5. The maximum absolute atomic E-state index is 11.6.